The van der Waals surface area contributed by atoms with E-state index in [0.717, 1.165) is 4.47 Å². The molecule has 2 nitrogen and oxygen atoms in total. The second-order valence-electron chi connectivity index (χ2n) is 2.42. The molecule has 0 N–H and O–H groups in total. The fraction of sp³-hybridized carbons (Fsp3) is 0.455. The van der Waals surface area contributed by atoms with E-state index in [1.165, 1.54) is 6.07 Å². The minimum absolute atomic E-state index is 0.242. The molecule has 0 aliphatic heterocycles. The van der Waals surface area contributed by atoms with Gasteiger partial charge in [-0.05, 0) is 18.2 Å². The Morgan fingerprint density at radius 1 is 1.27 bits per heavy atom. The lowest BCUT2D eigenvalue weighted by atomic mass is 10.3. The van der Waals surface area contributed by atoms with Crippen molar-refractivity contribution in [3.05, 3.63) is 28.5 Å². The highest BCUT2D eigenvalue weighted by Gasteiger charge is 2.02. The van der Waals surface area contributed by atoms with Gasteiger partial charge in [0.15, 0.2) is 11.6 Å². The fourth-order valence-corrected chi connectivity index (χ4v) is 1.16. The Kier molecular flexibility index (Phi) is 8.33. The van der Waals surface area contributed by atoms with E-state index in [9.17, 15) is 4.39 Å². The zero-order chi connectivity index (χ0) is 11.7. The quantitative estimate of drug-likeness (QED) is 0.783. The Balaban J connectivity index is 0.000000921. The summed E-state index contributed by atoms with van der Waals surface area (Å²) in [4.78, 5) is 0. The van der Waals surface area contributed by atoms with Gasteiger partial charge in [0.05, 0.1) is 6.61 Å². The molecule has 0 radical (unpaired) electrons. The van der Waals surface area contributed by atoms with Crippen LogP contribution in [0.1, 0.15) is 13.8 Å². The van der Waals surface area contributed by atoms with Crippen LogP contribution in [-0.4, -0.2) is 20.3 Å². The van der Waals surface area contributed by atoms with Crippen molar-refractivity contribution in [3.63, 3.8) is 0 Å². The van der Waals surface area contributed by atoms with Crippen molar-refractivity contribution < 1.29 is 13.9 Å². The number of methoxy groups -OCH3 is 1. The van der Waals surface area contributed by atoms with Crippen molar-refractivity contribution in [1.29, 1.82) is 0 Å². The largest absolute Gasteiger partial charge is 0.488 e. The number of benzene rings is 1. The summed E-state index contributed by atoms with van der Waals surface area (Å²) in [6, 6.07) is 4.57. The van der Waals surface area contributed by atoms with Gasteiger partial charge in [-0.25, -0.2) is 4.39 Å². The van der Waals surface area contributed by atoms with Gasteiger partial charge >= 0.3 is 0 Å². The number of ether oxygens (including phenoxy) is 2. The SMILES string of the molecule is CC.COCCOc1cc(Br)ccc1F. The Hall–Kier alpha value is -0.610. The summed E-state index contributed by atoms with van der Waals surface area (Å²) < 4.78 is 23.7. The van der Waals surface area contributed by atoms with E-state index in [1.807, 2.05) is 13.8 Å². The third-order valence-electron chi connectivity index (χ3n) is 1.44. The summed E-state index contributed by atoms with van der Waals surface area (Å²) in [5.74, 6) is -0.120. The van der Waals surface area contributed by atoms with Crippen LogP contribution in [0.3, 0.4) is 0 Å². The minimum Gasteiger partial charge on any atom is -0.488 e. The molecule has 1 aromatic rings. The van der Waals surface area contributed by atoms with E-state index in [-0.39, 0.29) is 11.6 Å². The van der Waals surface area contributed by atoms with Gasteiger partial charge in [0, 0.05) is 11.6 Å². The van der Waals surface area contributed by atoms with Gasteiger partial charge in [-0.15, -0.1) is 0 Å². The molecule has 0 saturated carbocycles. The van der Waals surface area contributed by atoms with Crippen LogP contribution in [-0.2, 0) is 4.74 Å². The van der Waals surface area contributed by atoms with E-state index in [4.69, 9.17) is 9.47 Å². The van der Waals surface area contributed by atoms with Crippen molar-refractivity contribution in [2.45, 2.75) is 13.8 Å². The van der Waals surface area contributed by atoms with Gasteiger partial charge in [0.2, 0.25) is 0 Å². The van der Waals surface area contributed by atoms with Gasteiger partial charge in [-0.2, -0.15) is 0 Å². The second-order valence-corrected chi connectivity index (χ2v) is 3.33. The number of rotatable bonds is 4. The van der Waals surface area contributed by atoms with Gasteiger partial charge in [-0.3, -0.25) is 0 Å². The van der Waals surface area contributed by atoms with Crippen LogP contribution in [0.5, 0.6) is 5.75 Å². The summed E-state index contributed by atoms with van der Waals surface area (Å²) in [6.45, 7) is 4.80. The molecule has 0 atom stereocenters. The number of hydrogen-bond acceptors (Lipinski definition) is 2. The normalized spacial score (nSPS) is 9.13. The van der Waals surface area contributed by atoms with E-state index in [2.05, 4.69) is 15.9 Å². The smallest absolute Gasteiger partial charge is 0.165 e. The summed E-state index contributed by atoms with van der Waals surface area (Å²) in [5, 5.41) is 0. The molecule has 4 heteroatoms. The molecule has 0 amide bonds. The Labute approximate surface area is 98.5 Å². The predicted octanol–water partition coefficient (Wildman–Crippen LogP) is 3.64. The highest BCUT2D eigenvalue weighted by molar-refractivity contribution is 9.10. The fourth-order valence-electron chi connectivity index (χ4n) is 0.823. The molecule has 0 aliphatic rings. The summed E-state index contributed by atoms with van der Waals surface area (Å²) in [5.41, 5.74) is 0. The van der Waals surface area contributed by atoms with Crippen LogP contribution in [0.2, 0.25) is 0 Å². The maximum Gasteiger partial charge on any atom is 0.165 e. The second kappa shape index (κ2) is 8.68. The molecule has 0 aromatic heterocycles. The highest BCUT2D eigenvalue weighted by atomic mass is 79.9. The van der Waals surface area contributed by atoms with E-state index < -0.39 is 0 Å². The van der Waals surface area contributed by atoms with Gasteiger partial charge in [0.1, 0.15) is 6.61 Å². The Morgan fingerprint density at radius 3 is 2.53 bits per heavy atom. The molecule has 0 unspecified atom stereocenters. The summed E-state index contributed by atoms with van der Waals surface area (Å²) in [7, 11) is 1.57. The molecule has 1 rings (SSSR count). The lowest BCUT2D eigenvalue weighted by Crippen LogP contribution is -2.05. The monoisotopic (exact) mass is 278 g/mol. The Morgan fingerprint density at radius 2 is 1.93 bits per heavy atom. The maximum absolute atomic E-state index is 13.0. The van der Waals surface area contributed by atoms with E-state index in [1.54, 1.807) is 19.2 Å². The van der Waals surface area contributed by atoms with Crippen LogP contribution in [0.25, 0.3) is 0 Å². The first-order chi connectivity index (χ1) is 7.24. The zero-order valence-corrected chi connectivity index (χ0v) is 10.8. The van der Waals surface area contributed by atoms with Crippen molar-refractivity contribution in [1.82, 2.24) is 0 Å². The molecule has 1 aromatic carbocycles. The first-order valence-electron chi connectivity index (χ1n) is 4.81. The minimum atomic E-state index is -0.362. The molecule has 0 aliphatic carbocycles. The number of halogens is 2. The highest BCUT2D eigenvalue weighted by Crippen LogP contribution is 2.21. The first kappa shape index (κ1) is 14.4. The summed E-state index contributed by atoms with van der Waals surface area (Å²) in [6.07, 6.45) is 0. The van der Waals surface area contributed by atoms with E-state index in [0.29, 0.717) is 13.2 Å². The molecule has 15 heavy (non-hydrogen) atoms. The molecule has 0 saturated heterocycles. The molecular formula is C11H16BrFO2. The van der Waals surface area contributed by atoms with Crippen molar-refractivity contribution >= 4 is 15.9 Å². The molecule has 0 spiro atoms. The first-order valence-corrected chi connectivity index (χ1v) is 5.60. The number of hydrogen-bond donors (Lipinski definition) is 0. The Bertz CT molecular complexity index is 279. The lowest BCUT2D eigenvalue weighted by molar-refractivity contribution is 0.144. The van der Waals surface area contributed by atoms with Gasteiger partial charge in [-0.1, -0.05) is 29.8 Å². The lowest BCUT2D eigenvalue weighted by Gasteiger charge is -2.06. The molecule has 86 valence electrons. The molecular weight excluding hydrogens is 263 g/mol. The predicted molar refractivity (Wildman–Crippen MR) is 62.8 cm³/mol. The van der Waals surface area contributed by atoms with Crippen LogP contribution < -0.4 is 4.74 Å². The molecule has 0 bridgehead atoms. The van der Waals surface area contributed by atoms with Gasteiger partial charge in [0.25, 0.3) is 0 Å². The zero-order valence-electron chi connectivity index (χ0n) is 9.22. The van der Waals surface area contributed by atoms with Crippen molar-refractivity contribution in [2.75, 3.05) is 20.3 Å². The van der Waals surface area contributed by atoms with Crippen LogP contribution in [0.4, 0.5) is 4.39 Å². The van der Waals surface area contributed by atoms with Crippen LogP contribution in [0.15, 0.2) is 22.7 Å². The van der Waals surface area contributed by atoms with Crippen molar-refractivity contribution in [2.24, 2.45) is 0 Å². The van der Waals surface area contributed by atoms with E-state index >= 15 is 0 Å². The average molecular weight is 279 g/mol. The third kappa shape index (κ3) is 5.74. The topological polar surface area (TPSA) is 18.5 Å². The van der Waals surface area contributed by atoms with Crippen LogP contribution >= 0.6 is 15.9 Å². The van der Waals surface area contributed by atoms with Crippen molar-refractivity contribution in [3.8, 4) is 5.75 Å². The molecule has 0 fully saturated rings. The standard InChI is InChI=1S/C9H10BrFO2.C2H6/c1-12-4-5-13-9-6-7(10)2-3-8(9)11;1-2/h2-3,6H,4-5H2,1H3;1-2H3. The summed E-state index contributed by atoms with van der Waals surface area (Å²) >= 11 is 3.23. The van der Waals surface area contributed by atoms with Crippen LogP contribution in [0, 0.1) is 5.82 Å². The maximum atomic E-state index is 13.0. The average Bonchev–Trinajstić information content (AvgIpc) is 2.26. The third-order valence-corrected chi connectivity index (χ3v) is 1.93. The van der Waals surface area contributed by atoms with Gasteiger partial charge < -0.3 is 9.47 Å². The molecule has 0 heterocycles.